The highest BCUT2D eigenvalue weighted by molar-refractivity contribution is 5.80. The standard InChI is InChI=1S/C14H18N4O2.C4H10O/c1-17-4-6-18(7-5-17)10-2-3-11-12(8-10)16-13(15-11)9-14(19)20;1-3-5-4-2/h2-3,8H,4-7,9H2,1H3,(H,15,16)(H,19,20);3-4H2,1-2H3. The summed E-state index contributed by atoms with van der Waals surface area (Å²) in [5.74, 6) is -0.369. The molecule has 0 saturated carbocycles. The van der Waals surface area contributed by atoms with Crippen LogP contribution < -0.4 is 4.90 Å². The van der Waals surface area contributed by atoms with Gasteiger partial charge in [-0.15, -0.1) is 0 Å². The first kappa shape index (κ1) is 19.2. The third-order valence-corrected chi connectivity index (χ3v) is 4.11. The Hall–Kier alpha value is -2.12. The van der Waals surface area contributed by atoms with Crippen LogP contribution in [0.3, 0.4) is 0 Å². The van der Waals surface area contributed by atoms with E-state index >= 15 is 0 Å². The fourth-order valence-corrected chi connectivity index (χ4v) is 2.74. The van der Waals surface area contributed by atoms with Crippen molar-refractivity contribution in [3.63, 3.8) is 0 Å². The third-order valence-electron chi connectivity index (χ3n) is 4.11. The number of anilines is 1. The van der Waals surface area contributed by atoms with Crippen molar-refractivity contribution in [3.8, 4) is 0 Å². The predicted molar refractivity (Wildman–Crippen MR) is 99.3 cm³/mol. The summed E-state index contributed by atoms with van der Waals surface area (Å²) < 4.78 is 4.83. The first-order valence-electron chi connectivity index (χ1n) is 8.75. The van der Waals surface area contributed by atoms with Crippen LogP contribution in [0, 0.1) is 0 Å². The highest BCUT2D eigenvalue weighted by Crippen LogP contribution is 2.22. The second-order valence-corrected chi connectivity index (χ2v) is 6.03. The number of aliphatic carboxylic acids is 1. The summed E-state index contributed by atoms with van der Waals surface area (Å²) in [7, 11) is 2.13. The van der Waals surface area contributed by atoms with E-state index in [1.54, 1.807) is 0 Å². The Kier molecular flexibility index (Phi) is 7.21. The Labute approximate surface area is 148 Å². The molecular formula is C18H28N4O3. The molecule has 0 bridgehead atoms. The number of aromatic amines is 1. The Morgan fingerprint density at radius 1 is 1.24 bits per heavy atom. The van der Waals surface area contributed by atoms with Crippen molar-refractivity contribution in [2.75, 3.05) is 51.3 Å². The van der Waals surface area contributed by atoms with Crippen molar-refractivity contribution in [1.82, 2.24) is 14.9 Å². The van der Waals surface area contributed by atoms with Gasteiger partial charge in [-0.1, -0.05) is 0 Å². The number of imidazole rings is 1. The van der Waals surface area contributed by atoms with Crippen LogP contribution in [0.5, 0.6) is 0 Å². The van der Waals surface area contributed by atoms with Crippen molar-refractivity contribution in [2.24, 2.45) is 0 Å². The number of ether oxygens (including phenoxy) is 1. The van der Waals surface area contributed by atoms with E-state index in [1.165, 1.54) is 0 Å². The van der Waals surface area contributed by atoms with Gasteiger partial charge < -0.3 is 24.6 Å². The van der Waals surface area contributed by atoms with Crippen molar-refractivity contribution in [3.05, 3.63) is 24.0 Å². The number of carboxylic acids is 1. The molecule has 0 aliphatic carbocycles. The van der Waals surface area contributed by atoms with Gasteiger partial charge in [0.25, 0.3) is 0 Å². The molecule has 0 spiro atoms. The average molecular weight is 348 g/mol. The minimum Gasteiger partial charge on any atom is -0.481 e. The zero-order valence-corrected chi connectivity index (χ0v) is 15.3. The first-order chi connectivity index (χ1) is 12.0. The Morgan fingerprint density at radius 2 is 1.92 bits per heavy atom. The number of hydrogen-bond acceptors (Lipinski definition) is 5. The normalized spacial score (nSPS) is 15.1. The van der Waals surface area contributed by atoms with Crippen LogP contribution in [0.4, 0.5) is 5.69 Å². The van der Waals surface area contributed by atoms with Gasteiger partial charge in [0.15, 0.2) is 0 Å². The van der Waals surface area contributed by atoms with Gasteiger partial charge >= 0.3 is 5.97 Å². The molecule has 2 aromatic rings. The quantitative estimate of drug-likeness (QED) is 0.860. The van der Waals surface area contributed by atoms with Crippen molar-refractivity contribution < 1.29 is 14.6 Å². The van der Waals surface area contributed by atoms with Crippen LogP contribution in [-0.2, 0) is 16.0 Å². The molecule has 3 rings (SSSR count). The summed E-state index contributed by atoms with van der Waals surface area (Å²) in [4.78, 5) is 22.8. The van der Waals surface area contributed by atoms with Gasteiger partial charge in [0.1, 0.15) is 12.2 Å². The number of nitrogens with one attached hydrogen (secondary N) is 1. The number of H-pyrrole nitrogens is 1. The second kappa shape index (κ2) is 9.39. The summed E-state index contributed by atoms with van der Waals surface area (Å²) >= 11 is 0. The molecule has 0 amide bonds. The molecular weight excluding hydrogens is 320 g/mol. The number of hydrogen-bond donors (Lipinski definition) is 2. The zero-order chi connectivity index (χ0) is 18.2. The van der Waals surface area contributed by atoms with Gasteiger partial charge in [-0.05, 0) is 39.1 Å². The molecule has 138 valence electrons. The van der Waals surface area contributed by atoms with Crippen LogP contribution >= 0.6 is 0 Å². The fourth-order valence-electron chi connectivity index (χ4n) is 2.74. The van der Waals surface area contributed by atoms with Crippen molar-refractivity contribution in [2.45, 2.75) is 20.3 Å². The van der Waals surface area contributed by atoms with Gasteiger partial charge in [0.2, 0.25) is 0 Å². The monoisotopic (exact) mass is 348 g/mol. The largest absolute Gasteiger partial charge is 0.481 e. The van der Waals surface area contributed by atoms with Gasteiger partial charge in [0.05, 0.1) is 11.0 Å². The molecule has 1 aromatic heterocycles. The predicted octanol–water partition coefficient (Wildman–Crippen LogP) is 1.98. The molecule has 0 radical (unpaired) electrons. The minimum absolute atomic E-state index is 0.0709. The van der Waals surface area contributed by atoms with E-state index in [4.69, 9.17) is 9.84 Å². The summed E-state index contributed by atoms with van der Waals surface area (Å²) in [6.07, 6.45) is -0.0709. The van der Waals surface area contributed by atoms with E-state index in [-0.39, 0.29) is 6.42 Å². The van der Waals surface area contributed by atoms with Crippen LogP contribution in [0.15, 0.2) is 18.2 Å². The Morgan fingerprint density at radius 3 is 2.48 bits per heavy atom. The number of fused-ring (bicyclic) bond motifs is 1. The maximum atomic E-state index is 10.7. The first-order valence-corrected chi connectivity index (χ1v) is 8.75. The van der Waals surface area contributed by atoms with E-state index in [1.807, 2.05) is 19.9 Å². The maximum absolute atomic E-state index is 10.7. The molecule has 7 heteroatoms. The van der Waals surface area contributed by atoms with E-state index in [9.17, 15) is 4.79 Å². The molecule has 2 N–H and O–H groups in total. The van der Waals surface area contributed by atoms with Gasteiger partial charge in [-0.3, -0.25) is 4.79 Å². The van der Waals surface area contributed by atoms with Crippen molar-refractivity contribution >= 4 is 22.7 Å². The lowest BCUT2D eigenvalue weighted by molar-refractivity contribution is -0.136. The minimum atomic E-state index is -0.872. The lowest BCUT2D eigenvalue weighted by atomic mass is 10.2. The lowest BCUT2D eigenvalue weighted by Gasteiger charge is -2.34. The Balaban J connectivity index is 0.000000399. The van der Waals surface area contributed by atoms with Crippen LogP contribution in [0.1, 0.15) is 19.7 Å². The zero-order valence-electron chi connectivity index (χ0n) is 15.3. The number of benzene rings is 1. The van der Waals surface area contributed by atoms with Gasteiger partial charge in [-0.25, -0.2) is 4.98 Å². The van der Waals surface area contributed by atoms with E-state index in [0.717, 1.165) is 56.1 Å². The molecule has 7 nitrogen and oxygen atoms in total. The highest BCUT2D eigenvalue weighted by atomic mass is 16.5. The topological polar surface area (TPSA) is 81.7 Å². The summed E-state index contributed by atoms with van der Waals surface area (Å²) in [6, 6.07) is 6.06. The van der Waals surface area contributed by atoms with E-state index in [0.29, 0.717) is 5.82 Å². The number of nitrogens with zero attached hydrogens (tertiary/aromatic N) is 3. The molecule has 0 atom stereocenters. The lowest BCUT2D eigenvalue weighted by Crippen LogP contribution is -2.44. The number of piperazine rings is 1. The summed E-state index contributed by atoms with van der Waals surface area (Å²) in [5.41, 5.74) is 2.88. The molecule has 1 aromatic carbocycles. The highest BCUT2D eigenvalue weighted by Gasteiger charge is 2.15. The van der Waals surface area contributed by atoms with Crippen LogP contribution in [-0.4, -0.2) is 72.4 Å². The number of carboxylic acid groups (broad SMARTS) is 1. The van der Waals surface area contributed by atoms with Crippen molar-refractivity contribution in [1.29, 1.82) is 0 Å². The smallest absolute Gasteiger partial charge is 0.311 e. The Bertz CT molecular complexity index is 676. The molecule has 1 aliphatic rings. The number of aromatic nitrogens is 2. The number of likely N-dealkylation sites (N-methyl/N-ethyl adjacent to an activating group) is 1. The SMILES string of the molecule is CCOCC.CN1CCN(c2ccc3nc(CC(=O)O)[nH]c3c2)CC1. The van der Waals surface area contributed by atoms with Crippen LogP contribution in [0.2, 0.25) is 0 Å². The molecule has 1 aliphatic heterocycles. The second-order valence-electron chi connectivity index (χ2n) is 6.03. The molecule has 25 heavy (non-hydrogen) atoms. The molecule has 1 saturated heterocycles. The molecule has 2 heterocycles. The number of rotatable bonds is 5. The third kappa shape index (κ3) is 5.72. The summed E-state index contributed by atoms with van der Waals surface area (Å²) in [5, 5.41) is 8.80. The summed E-state index contributed by atoms with van der Waals surface area (Å²) in [6.45, 7) is 9.81. The van der Waals surface area contributed by atoms with E-state index < -0.39 is 5.97 Å². The van der Waals surface area contributed by atoms with Gasteiger partial charge in [0, 0.05) is 45.1 Å². The fraction of sp³-hybridized carbons (Fsp3) is 0.556. The average Bonchev–Trinajstić information content (AvgIpc) is 2.97. The van der Waals surface area contributed by atoms with Gasteiger partial charge in [-0.2, -0.15) is 0 Å². The maximum Gasteiger partial charge on any atom is 0.311 e. The van der Waals surface area contributed by atoms with Crippen LogP contribution in [0.25, 0.3) is 11.0 Å². The van der Waals surface area contributed by atoms with E-state index in [2.05, 4.69) is 38.9 Å². The number of carbonyl (C=O) groups is 1. The molecule has 0 unspecified atom stereocenters. The molecule has 1 fully saturated rings.